The minimum Gasteiger partial charge on any atom is -0.314 e. The fraction of sp³-hybridized carbons (Fsp3) is 0.867. The Morgan fingerprint density at radius 3 is 2.32 bits per heavy atom. The molecule has 0 bridgehead atoms. The average molecular weight is 264 g/mol. The van der Waals surface area contributed by atoms with Crippen LogP contribution in [0.15, 0.2) is 0 Å². The Morgan fingerprint density at radius 1 is 1.21 bits per heavy atom. The molecule has 4 heteroatoms. The first-order valence-corrected chi connectivity index (χ1v) is 7.65. The number of likely N-dealkylation sites (tertiary alicyclic amines) is 1. The van der Waals surface area contributed by atoms with Crippen molar-refractivity contribution in [3.05, 3.63) is 0 Å². The normalized spacial score (nSPS) is 35.9. The van der Waals surface area contributed by atoms with Gasteiger partial charge in [0.1, 0.15) is 0 Å². The van der Waals surface area contributed by atoms with Gasteiger partial charge in [-0.15, -0.1) is 0 Å². The zero-order valence-electron chi connectivity index (χ0n) is 11.9. The van der Waals surface area contributed by atoms with E-state index in [0.29, 0.717) is 24.4 Å². The monoisotopic (exact) mass is 264 g/mol. The summed E-state index contributed by atoms with van der Waals surface area (Å²) in [5, 5.41) is 3.47. The molecule has 4 nitrogen and oxygen atoms in total. The minimum atomic E-state index is -0.00825. The molecule has 0 radical (unpaired) electrons. The number of nitrogens with one attached hydrogen (secondary N) is 1. The first kappa shape index (κ1) is 13.1. The maximum absolute atomic E-state index is 12.3. The maximum Gasteiger partial charge on any atom is 0.233 e. The van der Waals surface area contributed by atoms with E-state index < -0.39 is 0 Å². The standard InChI is InChI=1S/C15H24N2O2/c1-9-5-12-13(6-9)15(19)17(14(12)18)8-10(2)7-16-11-3-4-11/h9-13,16H,3-8H2,1-2H3. The first-order chi connectivity index (χ1) is 9.06. The predicted molar refractivity (Wildman–Crippen MR) is 72.3 cm³/mol. The van der Waals surface area contributed by atoms with Crippen LogP contribution < -0.4 is 5.32 Å². The second-order valence-electron chi connectivity index (χ2n) is 6.86. The third kappa shape index (κ3) is 2.55. The molecule has 3 fully saturated rings. The smallest absolute Gasteiger partial charge is 0.233 e. The summed E-state index contributed by atoms with van der Waals surface area (Å²) in [6.07, 6.45) is 4.35. The van der Waals surface area contributed by atoms with Crippen LogP contribution in [0.1, 0.15) is 39.5 Å². The van der Waals surface area contributed by atoms with Crippen LogP contribution in [0.25, 0.3) is 0 Å². The summed E-state index contributed by atoms with van der Waals surface area (Å²) in [4.78, 5) is 26.2. The number of amides is 2. The van der Waals surface area contributed by atoms with Crippen LogP contribution in [0.3, 0.4) is 0 Å². The summed E-state index contributed by atoms with van der Waals surface area (Å²) >= 11 is 0. The lowest BCUT2D eigenvalue weighted by Crippen LogP contribution is -2.38. The molecule has 0 spiro atoms. The second kappa shape index (κ2) is 4.89. The molecule has 1 saturated heterocycles. The molecule has 2 amide bonds. The van der Waals surface area contributed by atoms with Crippen molar-refractivity contribution in [2.45, 2.75) is 45.6 Å². The van der Waals surface area contributed by atoms with Gasteiger partial charge in [-0.2, -0.15) is 0 Å². The number of carbonyl (C=O) groups excluding carboxylic acids is 2. The Bertz CT molecular complexity index is 368. The van der Waals surface area contributed by atoms with E-state index in [1.165, 1.54) is 12.8 Å². The maximum atomic E-state index is 12.3. The summed E-state index contributed by atoms with van der Waals surface area (Å²) in [7, 11) is 0. The van der Waals surface area contributed by atoms with Crippen molar-refractivity contribution in [3.8, 4) is 0 Å². The lowest BCUT2D eigenvalue weighted by atomic mass is 10.00. The number of hydrogen-bond donors (Lipinski definition) is 1. The average Bonchev–Trinajstić information content (AvgIpc) is 3.09. The highest BCUT2D eigenvalue weighted by Crippen LogP contribution is 2.42. The Balaban J connectivity index is 1.56. The molecule has 1 N–H and O–H groups in total. The Hall–Kier alpha value is -0.900. The number of carbonyl (C=O) groups is 2. The molecule has 0 aromatic rings. The second-order valence-corrected chi connectivity index (χ2v) is 6.86. The van der Waals surface area contributed by atoms with Gasteiger partial charge in [-0.25, -0.2) is 0 Å². The van der Waals surface area contributed by atoms with Gasteiger partial charge in [0.15, 0.2) is 0 Å². The molecular weight excluding hydrogens is 240 g/mol. The predicted octanol–water partition coefficient (Wildman–Crippen LogP) is 1.41. The van der Waals surface area contributed by atoms with Crippen LogP contribution in [0.2, 0.25) is 0 Å². The molecule has 106 valence electrons. The van der Waals surface area contributed by atoms with E-state index in [2.05, 4.69) is 19.2 Å². The Kier molecular flexibility index (Phi) is 3.37. The zero-order valence-corrected chi connectivity index (χ0v) is 11.9. The van der Waals surface area contributed by atoms with E-state index in [1.54, 1.807) is 4.90 Å². The van der Waals surface area contributed by atoms with Crippen molar-refractivity contribution in [2.75, 3.05) is 13.1 Å². The molecular formula is C15H24N2O2. The summed E-state index contributed by atoms with van der Waals surface area (Å²) in [6, 6.07) is 0.688. The summed E-state index contributed by atoms with van der Waals surface area (Å²) in [6.45, 7) is 5.77. The topological polar surface area (TPSA) is 49.4 Å². The van der Waals surface area contributed by atoms with Gasteiger partial charge in [-0.1, -0.05) is 13.8 Å². The van der Waals surface area contributed by atoms with Crippen molar-refractivity contribution < 1.29 is 9.59 Å². The molecule has 2 saturated carbocycles. The van der Waals surface area contributed by atoms with Gasteiger partial charge in [0.25, 0.3) is 0 Å². The summed E-state index contributed by atoms with van der Waals surface area (Å²) in [5.41, 5.74) is 0. The van der Waals surface area contributed by atoms with Crippen LogP contribution >= 0.6 is 0 Å². The molecule has 1 heterocycles. The number of hydrogen-bond acceptors (Lipinski definition) is 3. The van der Waals surface area contributed by atoms with Crippen molar-refractivity contribution in [1.29, 1.82) is 0 Å². The molecule has 3 atom stereocenters. The van der Waals surface area contributed by atoms with E-state index >= 15 is 0 Å². The zero-order chi connectivity index (χ0) is 13.6. The summed E-state index contributed by atoms with van der Waals surface area (Å²) in [5.74, 6) is 1.05. The van der Waals surface area contributed by atoms with Crippen molar-refractivity contribution >= 4 is 11.8 Å². The molecule has 3 unspecified atom stereocenters. The van der Waals surface area contributed by atoms with E-state index in [1.807, 2.05) is 0 Å². The fourth-order valence-electron chi connectivity index (χ4n) is 3.56. The van der Waals surface area contributed by atoms with E-state index in [4.69, 9.17) is 0 Å². The van der Waals surface area contributed by atoms with Crippen LogP contribution in [-0.4, -0.2) is 35.8 Å². The van der Waals surface area contributed by atoms with Crippen LogP contribution in [0.4, 0.5) is 0 Å². The quantitative estimate of drug-likeness (QED) is 0.764. The Labute approximate surface area is 114 Å². The molecule has 19 heavy (non-hydrogen) atoms. The minimum absolute atomic E-state index is 0.00825. The van der Waals surface area contributed by atoms with E-state index in [9.17, 15) is 9.59 Å². The van der Waals surface area contributed by atoms with Gasteiger partial charge in [0, 0.05) is 12.6 Å². The number of nitrogens with zero attached hydrogens (tertiary/aromatic N) is 1. The molecule has 3 rings (SSSR count). The molecule has 0 aromatic carbocycles. The van der Waals surface area contributed by atoms with Gasteiger partial charge in [-0.05, 0) is 44.1 Å². The highest BCUT2D eigenvalue weighted by molar-refractivity contribution is 6.05. The third-order valence-corrected chi connectivity index (χ3v) is 4.79. The molecule has 3 aliphatic rings. The van der Waals surface area contributed by atoms with Crippen LogP contribution in [0.5, 0.6) is 0 Å². The SMILES string of the molecule is CC1CC2C(=O)N(CC(C)CNC3CC3)C(=O)C2C1. The molecule has 0 aromatic heterocycles. The lowest BCUT2D eigenvalue weighted by Gasteiger charge is -2.21. The first-order valence-electron chi connectivity index (χ1n) is 7.65. The fourth-order valence-corrected chi connectivity index (χ4v) is 3.56. The van der Waals surface area contributed by atoms with Gasteiger partial charge in [-0.3, -0.25) is 14.5 Å². The largest absolute Gasteiger partial charge is 0.314 e. The number of rotatable bonds is 5. The third-order valence-electron chi connectivity index (χ3n) is 4.79. The van der Waals surface area contributed by atoms with Crippen molar-refractivity contribution in [1.82, 2.24) is 10.2 Å². The molecule has 2 aliphatic carbocycles. The highest BCUT2D eigenvalue weighted by Gasteiger charge is 2.51. The van der Waals surface area contributed by atoms with Crippen LogP contribution in [0, 0.1) is 23.7 Å². The molecule has 1 aliphatic heterocycles. The van der Waals surface area contributed by atoms with Gasteiger partial charge in [0.2, 0.25) is 11.8 Å². The summed E-state index contributed by atoms with van der Waals surface area (Å²) < 4.78 is 0. The van der Waals surface area contributed by atoms with Gasteiger partial charge in [0.05, 0.1) is 11.8 Å². The van der Waals surface area contributed by atoms with Crippen molar-refractivity contribution in [2.24, 2.45) is 23.7 Å². The van der Waals surface area contributed by atoms with Gasteiger partial charge >= 0.3 is 0 Å². The Morgan fingerprint density at radius 2 is 1.79 bits per heavy atom. The highest BCUT2D eigenvalue weighted by atomic mass is 16.2. The van der Waals surface area contributed by atoms with E-state index in [0.717, 1.165) is 19.4 Å². The van der Waals surface area contributed by atoms with Gasteiger partial charge < -0.3 is 5.32 Å². The number of imide groups is 1. The van der Waals surface area contributed by atoms with Crippen LogP contribution in [-0.2, 0) is 9.59 Å². The lowest BCUT2D eigenvalue weighted by molar-refractivity contribution is -0.141. The van der Waals surface area contributed by atoms with E-state index in [-0.39, 0.29) is 23.7 Å². The van der Waals surface area contributed by atoms with Crippen molar-refractivity contribution in [3.63, 3.8) is 0 Å². The number of fused-ring (bicyclic) bond motifs is 1.